The lowest BCUT2D eigenvalue weighted by Crippen LogP contribution is -2.30. The van der Waals surface area contributed by atoms with Gasteiger partial charge in [-0.1, -0.05) is 37.3 Å². The summed E-state index contributed by atoms with van der Waals surface area (Å²) in [5.41, 5.74) is 12.1. The summed E-state index contributed by atoms with van der Waals surface area (Å²) in [7, 11) is 0. The van der Waals surface area contributed by atoms with Gasteiger partial charge in [-0.2, -0.15) is 0 Å². The smallest absolute Gasteiger partial charge is 0.290 e. The molecule has 0 aliphatic carbocycles. The molecule has 2 rings (SSSR count). The van der Waals surface area contributed by atoms with Crippen LogP contribution in [-0.4, -0.2) is 41.5 Å². The van der Waals surface area contributed by atoms with E-state index in [1.165, 1.54) is 0 Å². The van der Waals surface area contributed by atoms with Crippen molar-refractivity contribution in [1.29, 1.82) is 0 Å². The van der Waals surface area contributed by atoms with Crippen molar-refractivity contribution in [1.82, 2.24) is 15.3 Å². The van der Waals surface area contributed by atoms with Gasteiger partial charge in [0.2, 0.25) is 11.9 Å². The van der Waals surface area contributed by atoms with Crippen LogP contribution in [0.1, 0.15) is 29.8 Å². The van der Waals surface area contributed by atoms with Crippen molar-refractivity contribution in [3.05, 3.63) is 57.6 Å². The molecule has 0 saturated heterocycles. The second-order valence-electron chi connectivity index (χ2n) is 6.55. The first-order valence-electron chi connectivity index (χ1n) is 9.23. The highest BCUT2D eigenvalue weighted by molar-refractivity contribution is 5.78. The molecule has 0 spiro atoms. The van der Waals surface area contributed by atoms with Crippen LogP contribution in [0.2, 0.25) is 0 Å². The molecule has 29 heavy (non-hydrogen) atoms. The first kappa shape index (κ1) is 21.7. The van der Waals surface area contributed by atoms with Gasteiger partial charge in [0.1, 0.15) is 6.61 Å². The Morgan fingerprint density at radius 1 is 1.31 bits per heavy atom. The molecule has 1 unspecified atom stereocenters. The maximum absolute atomic E-state index is 12.2. The molecule has 1 amide bonds. The highest BCUT2D eigenvalue weighted by atomic mass is 16.6. The fourth-order valence-electron chi connectivity index (χ4n) is 2.58. The lowest BCUT2D eigenvalue weighted by atomic mass is 10.0. The number of aromatic nitrogens is 2. The van der Waals surface area contributed by atoms with Gasteiger partial charge in [-0.15, -0.1) is 0 Å². The standard InChI is InChI=1S/C19H27N7O3/c1-12(14-6-4-3-5-7-14)11-23-17-18(28)24-13(2)15(25-17)10-16(27)22-8-9-29-26-19(20)21/h3-7,12H,8-11H2,1-2H3,(H,22,27)(H,23,25)(H,24,28)(H4,20,21,26). The SMILES string of the molecule is Cc1[nH]c(=O)c(NCC(C)c2ccccc2)nc1CC(=O)NCCON=C(N)N. The van der Waals surface area contributed by atoms with E-state index in [4.69, 9.17) is 16.3 Å². The third kappa shape index (κ3) is 7.17. The van der Waals surface area contributed by atoms with Crippen molar-refractivity contribution >= 4 is 17.7 Å². The zero-order valence-electron chi connectivity index (χ0n) is 16.6. The minimum Gasteiger partial charge on any atom is -0.391 e. The molecule has 0 aliphatic heterocycles. The number of carbonyl (C=O) groups excluding carboxylic acids is 1. The molecule has 1 heterocycles. The summed E-state index contributed by atoms with van der Waals surface area (Å²) in [6.07, 6.45) is 0.0217. The zero-order valence-corrected chi connectivity index (χ0v) is 16.6. The van der Waals surface area contributed by atoms with E-state index in [1.807, 2.05) is 30.3 Å². The lowest BCUT2D eigenvalue weighted by molar-refractivity contribution is -0.120. The van der Waals surface area contributed by atoms with Crippen LogP contribution in [0.5, 0.6) is 0 Å². The average Bonchev–Trinajstić information content (AvgIpc) is 2.69. The van der Waals surface area contributed by atoms with Crippen molar-refractivity contribution in [2.45, 2.75) is 26.2 Å². The van der Waals surface area contributed by atoms with Crippen LogP contribution in [0.15, 0.2) is 40.3 Å². The van der Waals surface area contributed by atoms with Crippen LogP contribution in [-0.2, 0) is 16.1 Å². The normalized spacial score (nSPS) is 11.4. The van der Waals surface area contributed by atoms with E-state index in [1.54, 1.807) is 6.92 Å². The number of nitrogens with two attached hydrogens (primary N) is 2. The first-order valence-corrected chi connectivity index (χ1v) is 9.23. The molecular formula is C19H27N7O3. The number of anilines is 1. The second kappa shape index (κ2) is 10.7. The van der Waals surface area contributed by atoms with E-state index in [0.717, 1.165) is 5.56 Å². The van der Waals surface area contributed by atoms with Gasteiger partial charge in [-0.25, -0.2) is 4.98 Å². The molecular weight excluding hydrogens is 374 g/mol. The number of hydrogen-bond acceptors (Lipinski definition) is 6. The summed E-state index contributed by atoms with van der Waals surface area (Å²) in [6.45, 7) is 4.67. The van der Waals surface area contributed by atoms with Gasteiger partial charge in [0.05, 0.1) is 18.7 Å². The Morgan fingerprint density at radius 2 is 2.03 bits per heavy atom. The van der Waals surface area contributed by atoms with Gasteiger partial charge < -0.3 is 31.9 Å². The molecule has 1 aromatic carbocycles. The topological polar surface area (TPSA) is 161 Å². The number of oxime groups is 1. The van der Waals surface area contributed by atoms with Gasteiger partial charge in [0.25, 0.3) is 5.56 Å². The zero-order chi connectivity index (χ0) is 21.2. The van der Waals surface area contributed by atoms with Crippen LogP contribution in [0.3, 0.4) is 0 Å². The number of H-pyrrole nitrogens is 1. The third-order valence-corrected chi connectivity index (χ3v) is 4.15. The molecule has 0 radical (unpaired) electrons. The Bertz CT molecular complexity index is 892. The lowest BCUT2D eigenvalue weighted by Gasteiger charge is -2.14. The molecule has 0 aliphatic rings. The van der Waals surface area contributed by atoms with E-state index in [9.17, 15) is 9.59 Å². The predicted octanol–water partition coefficient (Wildman–Crippen LogP) is 0.158. The predicted molar refractivity (Wildman–Crippen MR) is 111 cm³/mol. The second-order valence-corrected chi connectivity index (χ2v) is 6.55. The van der Waals surface area contributed by atoms with Crippen molar-refractivity contribution < 1.29 is 9.63 Å². The van der Waals surface area contributed by atoms with Crippen molar-refractivity contribution in [2.24, 2.45) is 16.6 Å². The van der Waals surface area contributed by atoms with Crippen LogP contribution in [0.25, 0.3) is 0 Å². The molecule has 0 fully saturated rings. The monoisotopic (exact) mass is 401 g/mol. The van der Waals surface area contributed by atoms with Crippen LogP contribution >= 0.6 is 0 Å². The van der Waals surface area contributed by atoms with E-state index in [-0.39, 0.29) is 48.7 Å². The molecule has 10 nitrogen and oxygen atoms in total. The van der Waals surface area contributed by atoms with Gasteiger partial charge >= 0.3 is 0 Å². The fraction of sp³-hybridized carbons (Fsp3) is 0.368. The molecule has 0 bridgehead atoms. The number of nitrogens with zero attached hydrogens (tertiary/aromatic N) is 2. The molecule has 7 N–H and O–H groups in total. The van der Waals surface area contributed by atoms with Crippen molar-refractivity contribution in [3.63, 3.8) is 0 Å². The summed E-state index contributed by atoms with van der Waals surface area (Å²) in [5, 5.41) is 9.11. The van der Waals surface area contributed by atoms with Gasteiger partial charge in [0, 0.05) is 12.2 Å². The number of rotatable bonds is 10. The first-order chi connectivity index (χ1) is 13.9. The summed E-state index contributed by atoms with van der Waals surface area (Å²) >= 11 is 0. The minimum absolute atomic E-state index is 0.0217. The number of nitrogens with one attached hydrogen (secondary N) is 3. The van der Waals surface area contributed by atoms with Gasteiger partial charge in [-0.05, 0) is 23.6 Å². The summed E-state index contributed by atoms with van der Waals surface area (Å²) < 4.78 is 0. The maximum atomic E-state index is 12.2. The quantitative estimate of drug-likeness (QED) is 0.164. The molecule has 1 aromatic heterocycles. The fourth-order valence-corrected chi connectivity index (χ4v) is 2.58. The number of hydrogen-bond donors (Lipinski definition) is 5. The number of benzene rings is 1. The van der Waals surface area contributed by atoms with Crippen LogP contribution < -0.4 is 27.7 Å². The molecule has 1 atom stereocenters. The van der Waals surface area contributed by atoms with Crippen molar-refractivity contribution in [3.8, 4) is 0 Å². The number of aryl methyl sites for hydroxylation is 1. The summed E-state index contributed by atoms with van der Waals surface area (Å²) in [6, 6.07) is 9.97. The van der Waals surface area contributed by atoms with Crippen molar-refractivity contribution in [2.75, 3.05) is 25.0 Å². The Labute approximate surface area is 168 Å². The molecule has 0 saturated carbocycles. The minimum atomic E-state index is -0.322. The number of aromatic amines is 1. The largest absolute Gasteiger partial charge is 0.391 e. The number of carbonyl (C=O) groups is 1. The van der Waals surface area contributed by atoms with E-state index in [0.29, 0.717) is 17.9 Å². The Hall–Kier alpha value is -3.56. The maximum Gasteiger partial charge on any atom is 0.290 e. The van der Waals surface area contributed by atoms with E-state index < -0.39 is 0 Å². The summed E-state index contributed by atoms with van der Waals surface area (Å²) in [4.78, 5) is 36.2. The number of guanidine groups is 1. The highest BCUT2D eigenvalue weighted by Gasteiger charge is 2.13. The van der Waals surface area contributed by atoms with E-state index in [2.05, 4.69) is 32.7 Å². The molecule has 2 aromatic rings. The van der Waals surface area contributed by atoms with Crippen LogP contribution in [0, 0.1) is 6.92 Å². The molecule has 156 valence electrons. The third-order valence-electron chi connectivity index (χ3n) is 4.15. The Morgan fingerprint density at radius 3 is 2.72 bits per heavy atom. The molecule has 10 heteroatoms. The van der Waals surface area contributed by atoms with Crippen LogP contribution in [0.4, 0.5) is 5.82 Å². The number of amides is 1. The van der Waals surface area contributed by atoms with Gasteiger partial charge in [0.15, 0.2) is 5.82 Å². The van der Waals surface area contributed by atoms with E-state index >= 15 is 0 Å². The highest BCUT2D eigenvalue weighted by Crippen LogP contribution is 2.14. The average molecular weight is 401 g/mol. The Balaban J connectivity index is 1.93. The summed E-state index contributed by atoms with van der Waals surface area (Å²) in [5.74, 6) is -0.0662. The Kier molecular flexibility index (Phi) is 8.01. The van der Waals surface area contributed by atoms with Gasteiger partial charge in [-0.3, -0.25) is 9.59 Å².